The van der Waals surface area contributed by atoms with E-state index >= 15 is 0 Å². The number of rotatable bonds is 3. The number of carbonyl (C=O) groups is 2. The molecular formula is C23H26ClNO3. The zero-order valence-corrected chi connectivity index (χ0v) is 17.3. The Morgan fingerprint density at radius 1 is 1.04 bits per heavy atom. The predicted molar refractivity (Wildman–Crippen MR) is 112 cm³/mol. The Bertz CT molecular complexity index is 872. The molecule has 0 bridgehead atoms. The maximum Gasteiger partial charge on any atom is 0.410 e. The number of hydrogen-bond acceptors (Lipinski definition) is 3. The lowest BCUT2D eigenvalue weighted by Gasteiger charge is -2.33. The molecule has 148 valence electrons. The van der Waals surface area contributed by atoms with E-state index in [0.717, 1.165) is 24.0 Å². The molecule has 0 N–H and O–H groups in total. The van der Waals surface area contributed by atoms with Crippen molar-refractivity contribution in [2.75, 3.05) is 13.1 Å². The highest BCUT2D eigenvalue weighted by molar-refractivity contribution is 6.33. The maximum atomic E-state index is 13.3. The van der Waals surface area contributed by atoms with E-state index in [1.807, 2.05) is 69.3 Å². The molecular weight excluding hydrogens is 374 g/mol. The topological polar surface area (TPSA) is 46.6 Å². The van der Waals surface area contributed by atoms with Gasteiger partial charge in [-0.05, 0) is 45.2 Å². The van der Waals surface area contributed by atoms with Crippen LogP contribution in [0, 0.1) is 5.92 Å². The molecule has 28 heavy (non-hydrogen) atoms. The summed E-state index contributed by atoms with van der Waals surface area (Å²) in [6.07, 6.45) is 1.18. The van der Waals surface area contributed by atoms with Gasteiger partial charge in [-0.2, -0.15) is 0 Å². The zero-order chi connectivity index (χ0) is 20.3. The lowest BCUT2D eigenvalue weighted by molar-refractivity contribution is 0.0172. The van der Waals surface area contributed by atoms with E-state index in [2.05, 4.69) is 0 Å². The number of benzene rings is 2. The lowest BCUT2D eigenvalue weighted by Crippen LogP contribution is -2.44. The van der Waals surface area contributed by atoms with Crippen LogP contribution in [0.1, 0.15) is 44.0 Å². The number of likely N-dealkylation sites (tertiary alicyclic amines) is 1. The van der Waals surface area contributed by atoms with Gasteiger partial charge in [0, 0.05) is 35.2 Å². The first-order valence-corrected chi connectivity index (χ1v) is 10.00. The molecule has 4 nitrogen and oxygen atoms in total. The largest absolute Gasteiger partial charge is 0.444 e. The Hall–Kier alpha value is -2.33. The molecule has 1 aliphatic heterocycles. The number of Topliss-reactive ketones (excluding diaryl/α,β-unsaturated/α-hetero) is 1. The lowest BCUT2D eigenvalue weighted by atomic mass is 9.86. The number of ether oxygens (including phenoxy) is 1. The van der Waals surface area contributed by atoms with Crippen LogP contribution in [0.3, 0.4) is 0 Å². The third-order valence-electron chi connectivity index (χ3n) is 4.80. The van der Waals surface area contributed by atoms with Crippen molar-refractivity contribution in [2.45, 2.75) is 39.2 Å². The van der Waals surface area contributed by atoms with Gasteiger partial charge in [0.1, 0.15) is 5.60 Å². The summed E-state index contributed by atoms with van der Waals surface area (Å²) in [6.45, 7) is 6.53. The van der Waals surface area contributed by atoms with Crippen molar-refractivity contribution >= 4 is 23.5 Å². The van der Waals surface area contributed by atoms with Crippen molar-refractivity contribution in [3.8, 4) is 11.1 Å². The molecule has 2 aromatic carbocycles. The van der Waals surface area contributed by atoms with Crippen molar-refractivity contribution in [3.63, 3.8) is 0 Å². The number of halogens is 1. The molecule has 0 saturated carbocycles. The highest BCUT2D eigenvalue weighted by Crippen LogP contribution is 2.33. The van der Waals surface area contributed by atoms with Crippen LogP contribution in [-0.4, -0.2) is 35.5 Å². The normalized spacial score (nSPS) is 17.3. The molecule has 5 heteroatoms. The van der Waals surface area contributed by atoms with Gasteiger partial charge < -0.3 is 9.64 Å². The third kappa shape index (κ3) is 4.74. The average Bonchev–Trinajstić information content (AvgIpc) is 2.67. The summed E-state index contributed by atoms with van der Waals surface area (Å²) in [7, 11) is 0. The Balaban J connectivity index is 1.83. The highest BCUT2D eigenvalue weighted by atomic mass is 35.5. The van der Waals surface area contributed by atoms with Crippen molar-refractivity contribution in [2.24, 2.45) is 5.92 Å². The second kappa shape index (κ2) is 8.36. The number of ketones is 1. The van der Waals surface area contributed by atoms with E-state index < -0.39 is 5.60 Å². The SMILES string of the molecule is CC(C)(C)OC(=O)N1CCC[C@@H](C(=O)c2ccccc2-c2ccccc2Cl)C1. The predicted octanol–water partition coefficient (Wildman–Crippen LogP) is 5.84. The molecule has 1 fully saturated rings. The molecule has 1 aliphatic rings. The minimum atomic E-state index is -0.551. The van der Waals surface area contributed by atoms with Gasteiger partial charge in [0.05, 0.1) is 0 Å². The summed E-state index contributed by atoms with van der Waals surface area (Å²) in [4.78, 5) is 27.4. The second-order valence-electron chi connectivity index (χ2n) is 8.16. The fraction of sp³-hybridized carbons (Fsp3) is 0.391. The Morgan fingerprint density at radius 3 is 2.36 bits per heavy atom. The standard InChI is InChI=1S/C23H26ClNO3/c1-23(2,3)28-22(27)25-14-8-9-16(15-25)21(26)19-12-5-4-10-17(19)18-11-6-7-13-20(18)24/h4-7,10-13,16H,8-9,14-15H2,1-3H3/t16-/m1/s1. The molecule has 0 aliphatic carbocycles. The molecule has 1 amide bonds. The summed E-state index contributed by atoms with van der Waals surface area (Å²) >= 11 is 6.37. The summed E-state index contributed by atoms with van der Waals surface area (Å²) in [5, 5.41) is 0.613. The summed E-state index contributed by atoms with van der Waals surface area (Å²) < 4.78 is 5.48. The number of piperidine rings is 1. The second-order valence-corrected chi connectivity index (χ2v) is 8.56. The van der Waals surface area contributed by atoms with Crippen LogP contribution in [0.5, 0.6) is 0 Å². The Labute approximate surface area is 171 Å². The molecule has 1 atom stereocenters. The molecule has 0 unspecified atom stereocenters. The number of nitrogens with zero attached hydrogens (tertiary/aromatic N) is 1. The first kappa shape index (κ1) is 20.4. The van der Waals surface area contributed by atoms with Crippen LogP contribution in [0.4, 0.5) is 4.79 Å². The van der Waals surface area contributed by atoms with E-state index in [1.165, 1.54) is 0 Å². The minimum absolute atomic E-state index is 0.0452. The molecule has 3 rings (SSSR count). The summed E-state index contributed by atoms with van der Waals surface area (Å²) in [6, 6.07) is 15.1. The fourth-order valence-corrected chi connectivity index (χ4v) is 3.75. The fourth-order valence-electron chi connectivity index (χ4n) is 3.52. The molecule has 1 saturated heterocycles. The van der Waals surface area contributed by atoms with Gasteiger partial charge in [-0.1, -0.05) is 54.1 Å². The van der Waals surface area contributed by atoms with Crippen LogP contribution in [0.2, 0.25) is 5.02 Å². The van der Waals surface area contributed by atoms with Crippen LogP contribution in [0.25, 0.3) is 11.1 Å². The van der Waals surface area contributed by atoms with E-state index in [0.29, 0.717) is 23.7 Å². The first-order valence-electron chi connectivity index (χ1n) is 9.62. The number of amides is 1. The summed E-state index contributed by atoms with van der Waals surface area (Å²) in [5.74, 6) is -0.200. The average molecular weight is 400 g/mol. The van der Waals surface area contributed by atoms with E-state index in [-0.39, 0.29) is 17.8 Å². The number of hydrogen-bond donors (Lipinski definition) is 0. The van der Waals surface area contributed by atoms with Crippen molar-refractivity contribution in [1.29, 1.82) is 0 Å². The van der Waals surface area contributed by atoms with Crippen molar-refractivity contribution < 1.29 is 14.3 Å². The van der Waals surface area contributed by atoms with Gasteiger partial charge in [0.2, 0.25) is 0 Å². The van der Waals surface area contributed by atoms with Gasteiger partial charge >= 0.3 is 6.09 Å². The van der Waals surface area contributed by atoms with E-state index in [9.17, 15) is 9.59 Å². The van der Waals surface area contributed by atoms with Crippen LogP contribution < -0.4 is 0 Å². The Morgan fingerprint density at radius 2 is 1.68 bits per heavy atom. The monoisotopic (exact) mass is 399 g/mol. The van der Waals surface area contributed by atoms with Crippen molar-refractivity contribution in [1.82, 2.24) is 4.90 Å². The minimum Gasteiger partial charge on any atom is -0.444 e. The third-order valence-corrected chi connectivity index (χ3v) is 5.13. The summed E-state index contributed by atoms with van der Waals surface area (Å²) in [5.41, 5.74) is 1.76. The molecule has 0 radical (unpaired) electrons. The Kier molecular flexibility index (Phi) is 6.09. The molecule has 0 aromatic heterocycles. The van der Waals surface area contributed by atoms with Crippen molar-refractivity contribution in [3.05, 3.63) is 59.1 Å². The van der Waals surface area contributed by atoms with Crippen LogP contribution >= 0.6 is 11.6 Å². The first-order chi connectivity index (χ1) is 13.3. The zero-order valence-electron chi connectivity index (χ0n) is 16.6. The van der Waals surface area contributed by atoms with Crippen LogP contribution in [0.15, 0.2) is 48.5 Å². The highest BCUT2D eigenvalue weighted by Gasteiger charge is 2.32. The smallest absolute Gasteiger partial charge is 0.410 e. The molecule has 2 aromatic rings. The molecule has 1 heterocycles. The quantitative estimate of drug-likeness (QED) is 0.609. The number of carbonyl (C=O) groups excluding carboxylic acids is 2. The van der Waals surface area contributed by atoms with Gasteiger partial charge in [0.15, 0.2) is 5.78 Å². The van der Waals surface area contributed by atoms with E-state index in [1.54, 1.807) is 4.90 Å². The molecule has 0 spiro atoms. The van der Waals surface area contributed by atoms with Gasteiger partial charge in [-0.25, -0.2) is 4.79 Å². The van der Waals surface area contributed by atoms with Gasteiger partial charge in [0.25, 0.3) is 0 Å². The van der Waals surface area contributed by atoms with E-state index in [4.69, 9.17) is 16.3 Å². The van der Waals surface area contributed by atoms with Gasteiger partial charge in [-0.3, -0.25) is 4.79 Å². The van der Waals surface area contributed by atoms with Gasteiger partial charge in [-0.15, -0.1) is 0 Å². The van der Waals surface area contributed by atoms with Crippen LogP contribution in [-0.2, 0) is 4.74 Å². The maximum absolute atomic E-state index is 13.3.